The number of thioether (sulfide) groups is 1. The standard InChI is InChI=1S/C6H9F3OS/c1-4(6(7,8)9)5(10)3-11-2/h5,10H,1,3H2,2H3. The highest BCUT2D eigenvalue weighted by Gasteiger charge is 2.35. The Bertz CT molecular complexity index is 143. The third kappa shape index (κ3) is 3.67. The molecule has 1 N–H and O–H groups in total. The molecule has 0 aromatic carbocycles. The van der Waals surface area contributed by atoms with Crippen molar-refractivity contribution in [1.29, 1.82) is 0 Å². The van der Waals surface area contributed by atoms with Gasteiger partial charge in [-0.2, -0.15) is 24.9 Å². The molecule has 0 radical (unpaired) electrons. The van der Waals surface area contributed by atoms with Crippen molar-refractivity contribution >= 4 is 11.8 Å². The topological polar surface area (TPSA) is 20.2 Å². The van der Waals surface area contributed by atoms with Gasteiger partial charge in [0.1, 0.15) is 0 Å². The minimum absolute atomic E-state index is 0.0261. The highest BCUT2D eigenvalue weighted by molar-refractivity contribution is 7.98. The average molecular weight is 186 g/mol. The van der Waals surface area contributed by atoms with Gasteiger partial charge in [-0.15, -0.1) is 0 Å². The summed E-state index contributed by atoms with van der Waals surface area (Å²) in [5.74, 6) is 0.0261. The fourth-order valence-corrected chi connectivity index (χ4v) is 0.964. The fraction of sp³-hybridized carbons (Fsp3) is 0.667. The Morgan fingerprint density at radius 3 is 2.36 bits per heavy atom. The van der Waals surface area contributed by atoms with Gasteiger partial charge in [-0.05, 0) is 6.26 Å². The smallest absolute Gasteiger partial charge is 0.388 e. The molecule has 0 saturated carbocycles. The molecular weight excluding hydrogens is 177 g/mol. The fourth-order valence-electron chi connectivity index (χ4n) is 0.447. The van der Waals surface area contributed by atoms with Gasteiger partial charge in [-0.3, -0.25) is 0 Å². The van der Waals surface area contributed by atoms with E-state index in [1.165, 1.54) is 0 Å². The number of hydrogen-bond acceptors (Lipinski definition) is 2. The summed E-state index contributed by atoms with van der Waals surface area (Å²) < 4.78 is 35.3. The Morgan fingerprint density at radius 2 is 2.09 bits per heavy atom. The minimum Gasteiger partial charge on any atom is -0.388 e. The molecule has 0 heterocycles. The third-order valence-electron chi connectivity index (χ3n) is 1.09. The van der Waals surface area contributed by atoms with Crippen molar-refractivity contribution in [3.63, 3.8) is 0 Å². The molecule has 5 heteroatoms. The lowest BCUT2D eigenvalue weighted by Crippen LogP contribution is -2.24. The van der Waals surface area contributed by atoms with E-state index in [1.54, 1.807) is 6.26 Å². The van der Waals surface area contributed by atoms with Crippen LogP contribution >= 0.6 is 11.8 Å². The number of aliphatic hydroxyl groups excluding tert-OH is 1. The van der Waals surface area contributed by atoms with Crippen LogP contribution in [-0.4, -0.2) is 29.4 Å². The van der Waals surface area contributed by atoms with Crippen LogP contribution in [0.4, 0.5) is 13.2 Å². The Kier molecular flexibility index (Phi) is 3.96. The van der Waals surface area contributed by atoms with E-state index >= 15 is 0 Å². The molecule has 0 aromatic heterocycles. The summed E-state index contributed by atoms with van der Waals surface area (Å²) in [6.07, 6.45) is -4.34. The van der Waals surface area contributed by atoms with Gasteiger partial charge in [0.25, 0.3) is 0 Å². The maximum absolute atomic E-state index is 11.8. The molecule has 0 bridgehead atoms. The van der Waals surface area contributed by atoms with E-state index in [0.29, 0.717) is 0 Å². The van der Waals surface area contributed by atoms with E-state index in [2.05, 4.69) is 6.58 Å². The molecule has 0 fully saturated rings. The van der Waals surface area contributed by atoms with Crippen LogP contribution in [0.3, 0.4) is 0 Å². The third-order valence-corrected chi connectivity index (χ3v) is 1.74. The summed E-state index contributed by atoms with van der Waals surface area (Å²) in [7, 11) is 0. The van der Waals surface area contributed by atoms with Crippen LogP contribution in [-0.2, 0) is 0 Å². The van der Waals surface area contributed by atoms with Gasteiger partial charge in [0, 0.05) is 5.75 Å². The quantitative estimate of drug-likeness (QED) is 0.678. The zero-order chi connectivity index (χ0) is 9.07. The van der Waals surface area contributed by atoms with Crippen LogP contribution in [0.2, 0.25) is 0 Å². The first kappa shape index (κ1) is 10.8. The Hall–Kier alpha value is -0.160. The summed E-state index contributed by atoms with van der Waals surface area (Å²) in [5.41, 5.74) is -1.08. The maximum Gasteiger partial charge on any atom is 0.414 e. The summed E-state index contributed by atoms with van der Waals surface area (Å²) in [4.78, 5) is 0. The van der Waals surface area contributed by atoms with Crippen molar-refractivity contribution in [2.45, 2.75) is 12.3 Å². The molecule has 1 unspecified atom stereocenters. The van der Waals surface area contributed by atoms with Crippen LogP contribution < -0.4 is 0 Å². The van der Waals surface area contributed by atoms with Crippen LogP contribution in [0.25, 0.3) is 0 Å². The Labute approximate surface area is 67.3 Å². The van der Waals surface area contributed by atoms with Gasteiger partial charge in [0.15, 0.2) is 0 Å². The second-order valence-electron chi connectivity index (χ2n) is 1.99. The van der Waals surface area contributed by atoms with Gasteiger partial charge < -0.3 is 5.11 Å². The van der Waals surface area contributed by atoms with Crippen LogP contribution in [0.5, 0.6) is 0 Å². The maximum atomic E-state index is 11.8. The zero-order valence-corrected chi connectivity index (χ0v) is 6.80. The molecular formula is C6H9F3OS. The zero-order valence-electron chi connectivity index (χ0n) is 5.98. The number of aliphatic hydroxyl groups is 1. The minimum atomic E-state index is -4.48. The van der Waals surface area contributed by atoms with Gasteiger partial charge in [-0.1, -0.05) is 6.58 Å². The Morgan fingerprint density at radius 1 is 1.64 bits per heavy atom. The molecule has 1 nitrogen and oxygen atoms in total. The lowest BCUT2D eigenvalue weighted by molar-refractivity contribution is -0.103. The normalized spacial score (nSPS) is 14.6. The van der Waals surface area contributed by atoms with Gasteiger partial charge in [0.05, 0.1) is 11.7 Å². The van der Waals surface area contributed by atoms with Crippen LogP contribution in [0.15, 0.2) is 12.2 Å². The Balaban J connectivity index is 4.03. The molecule has 0 aliphatic carbocycles. The molecule has 0 amide bonds. The van der Waals surface area contributed by atoms with Crippen molar-refractivity contribution < 1.29 is 18.3 Å². The van der Waals surface area contributed by atoms with Crippen LogP contribution in [0, 0.1) is 0 Å². The second-order valence-corrected chi connectivity index (χ2v) is 2.90. The lowest BCUT2D eigenvalue weighted by Gasteiger charge is -2.14. The van der Waals surface area contributed by atoms with E-state index in [9.17, 15) is 13.2 Å². The SMILES string of the molecule is C=C(C(O)CSC)C(F)(F)F. The summed E-state index contributed by atoms with van der Waals surface area (Å²) in [6, 6.07) is 0. The van der Waals surface area contributed by atoms with E-state index < -0.39 is 17.9 Å². The molecule has 0 aliphatic rings. The van der Waals surface area contributed by atoms with E-state index in [1.807, 2.05) is 0 Å². The number of rotatable bonds is 3. The molecule has 0 aliphatic heterocycles. The van der Waals surface area contributed by atoms with E-state index in [0.717, 1.165) is 11.8 Å². The summed E-state index contributed by atoms with van der Waals surface area (Å²) in [6.45, 7) is 2.76. The van der Waals surface area contributed by atoms with Crippen molar-refractivity contribution in [3.8, 4) is 0 Å². The highest BCUT2D eigenvalue weighted by atomic mass is 32.2. The number of hydrogen-bond donors (Lipinski definition) is 1. The number of halogens is 3. The van der Waals surface area contributed by atoms with Crippen molar-refractivity contribution in [2.24, 2.45) is 0 Å². The lowest BCUT2D eigenvalue weighted by atomic mass is 10.2. The van der Waals surface area contributed by atoms with Crippen molar-refractivity contribution in [1.82, 2.24) is 0 Å². The highest BCUT2D eigenvalue weighted by Crippen LogP contribution is 2.27. The molecule has 0 rings (SSSR count). The van der Waals surface area contributed by atoms with Crippen molar-refractivity contribution in [2.75, 3.05) is 12.0 Å². The molecule has 11 heavy (non-hydrogen) atoms. The molecule has 0 spiro atoms. The molecule has 0 saturated heterocycles. The van der Waals surface area contributed by atoms with Gasteiger partial charge >= 0.3 is 6.18 Å². The van der Waals surface area contributed by atoms with Gasteiger partial charge in [-0.25, -0.2) is 0 Å². The molecule has 0 aromatic rings. The molecule has 66 valence electrons. The monoisotopic (exact) mass is 186 g/mol. The predicted octanol–water partition coefficient (Wildman–Crippen LogP) is 1.83. The average Bonchev–Trinajstić information content (AvgIpc) is 1.85. The first-order chi connectivity index (χ1) is 4.89. The largest absolute Gasteiger partial charge is 0.414 e. The summed E-state index contributed by atoms with van der Waals surface area (Å²) in [5, 5.41) is 8.81. The first-order valence-corrected chi connectivity index (χ1v) is 4.22. The van der Waals surface area contributed by atoms with E-state index in [-0.39, 0.29) is 5.75 Å². The summed E-state index contributed by atoms with van der Waals surface area (Å²) >= 11 is 1.14. The van der Waals surface area contributed by atoms with Crippen LogP contribution in [0.1, 0.15) is 0 Å². The first-order valence-electron chi connectivity index (χ1n) is 2.82. The van der Waals surface area contributed by atoms with Crippen molar-refractivity contribution in [3.05, 3.63) is 12.2 Å². The van der Waals surface area contributed by atoms with E-state index in [4.69, 9.17) is 5.11 Å². The molecule has 1 atom stereocenters. The number of alkyl halides is 3. The van der Waals surface area contributed by atoms with Gasteiger partial charge in [0.2, 0.25) is 0 Å². The second kappa shape index (κ2) is 4.01. The predicted molar refractivity (Wildman–Crippen MR) is 39.6 cm³/mol.